The Balaban J connectivity index is 1.83. The topological polar surface area (TPSA) is 114 Å². The number of aromatic nitrogens is 2. The maximum atomic E-state index is 11.4. The predicted molar refractivity (Wildman–Crippen MR) is 70.6 cm³/mol. The number of hydrazine groups is 1. The highest BCUT2D eigenvalue weighted by Gasteiger charge is 2.28. The van der Waals surface area contributed by atoms with Crippen molar-refractivity contribution in [3.63, 3.8) is 0 Å². The molecule has 2 rings (SSSR count). The molecular formula is C11H18N6O2. The first-order valence-corrected chi connectivity index (χ1v) is 6.13. The van der Waals surface area contributed by atoms with Crippen LogP contribution in [0.2, 0.25) is 0 Å². The highest BCUT2D eigenvalue weighted by molar-refractivity contribution is 5.80. The van der Waals surface area contributed by atoms with E-state index in [4.69, 9.17) is 10.6 Å². The van der Waals surface area contributed by atoms with Gasteiger partial charge in [-0.2, -0.15) is 0 Å². The molecule has 1 aromatic rings. The number of rotatable bonds is 7. The summed E-state index contributed by atoms with van der Waals surface area (Å²) < 4.78 is 5.18. The average Bonchev–Trinajstić information content (AvgIpc) is 3.27. The molecule has 19 heavy (non-hydrogen) atoms. The van der Waals surface area contributed by atoms with Gasteiger partial charge in [0.05, 0.1) is 7.11 Å². The van der Waals surface area contributed by atoms with Crippen LogP contribution in [0.4, 0.5) is 11.6 Å². The van der Waals surface area contributed by atoms with Gasteiger partial charge in [-0.15, -0.1) is 0 Å². The van der Waals surface area contributed by atoms with Gasteiger partial charge < -0.3 is 20.8 Å². The van der Waals surface area contributed by atoms with E-state index in [2.05, 4.69) is 26.0 Å². The Kier molecular flexibility index (Phi) is 4.35. The monoisotopic (exact) mass is 266 g/mol. The van der Waals surface area contributed by atoms with Gasteiger partial charge >= 0.3 is 0 Å². The normalized spacial score (nSPS) is 13.8. The van der Waals surface area contributed by atoms with Gasteiger partial charge in [-0.25, -0.2) is 15.8 Å². The van der Waals surface area contributed by atoms with Crippen LogP contribution in [0.3, 0.4) is 0 Å². The zero-order chi connectivity index (χ0) is 13.7. The Labute approximate surface area is 111 Å². The molecule has 0 atom stereocenters. The number of amides is 1. The van der Waals surface area contributed by atoms with Gasteiger partial charge in [-0.1, -0.05) is 0 Å². The molecule has 0 aromatic carbocycles. The van der Waals surface area contributed by atoms with Gasteiger partial charge in [0.25, 0.3) is 0 Å². The summed E-state index contributed by atoms with van der Waals surface area (Å²) in [5.74, 6) is 7.06. The van der Waals surface area contributed by atoms with E-state index in [1.54, 1.807) is 0 Å². The number of nitrogens with two attached hydrogens (primary N) is 1. The van der Waals surface area contributed by atoms with Crippen LogP contribution in [0.25, 0.3) is 0 Å². The van der Waals surface area contributed by atoms with Crippen LogP contribution >= 0.6 is 0 Å². The zero-order valence-corrected chi connectivity index (χ0v) is 10.8. The molecule has 1 fully saturated rings. The van der Waals surface area contributed by atoms with Crippen molar-refractivity contribution in [3.05, 3.63) is 6.33 Å². The molecule has 1 aliphatic rings. The maximum absolute atomic E-state index is 11.4. The molecule has 0 saturated heterocycles. The first kappa shape index (κ1) is 13.3. The van der Waals surface area contributed by atoms with Crippen molar-refractivity contribution in [2.75, 3.05) is 30.9 Å². The number of ether oxygens (including phenoxy) is 1. The molecule has 0 unspecified atom stereocenters. The summed E-state index contributed by atoms with van der Waals surface area (Å²) >= 11 is 0. The van der Waals surface area contributed by atoms with E-state index in [0.717, 1.165) is 12.8 Å². The van der Waals surface area contributed by atoms with Crippen molar-refractivity contribution >= 4 is 17.5 Å². The Morgan fingerprint density at radius 3 is 2.79 bits per heavy atom. The number of nitrogens with zero attached hydrogens (tertiary/aromatic N) is 2. The number of hydrogen-bond acceptors (Lipinski definition) is 7. The molecule has 0 spiro atoms. The minimum Gasteiger partial charge on any atom is -0.490 e. The lowest BCUT2D eigenvalue weighted by molar-refractivity contribution is -0.122. The van der Waals surface area contributed by atoms with E-state index in [0.29, 0.717) is 30.5 Å². The summed E-state index contributed by atoms with van der Waals surface area (Å²) in [6.45, 7) is 1.09. The summed E-state index contributed by atoms with van der Waals surface area (Å²) in [4.78, 5) is 19.4. The SMILES string of the molecule is COc1c(NN)ncnc1NCCNC(=O)C1CC1. The number of methoxy groups -OCH3 is 1. The van der Waals surface area contributed by atoms with Gasteiger partial charge in [0.15, 0.2) is 11.6 Å². The molecule has 1 amide bonds. The largest absolute Gasteiger partial charge is 0.490 e. The predicted octanol–water partition coefficient (Wildman–Crippen LogP) is -0.291. The summed E-state index contributed by atoms with van der Waals surface area (Å²) in [5.41, 5.74) is 2.43. The number of nitrogen functional groups attached to an aromatic ring is 1. The lowest BCUT2D eigenvalue weighted by Crippen LogP contribution is -2.30. The third-order valence-corrected chi connectivity index (χ3v) is 2.81. The van der Waals surface area contributed by atoms with Gasteiger partial charge in [-0.3, -0.25) is 4.79 Å². The Hall–Kier alpha value is -2.09. The third-order valence-electron chi connectivity index (χ3n) is 2.81. The van der Waals surface area contributed by atoms with Crippen molar-refractivity contribution < 1.29 is 9.53 Å². The van der Waals surface area contributed by atoms with Crippen LogP contribution in [0, 0.1) is 5.92 Å². The van der Waals surface area contributed by atoms with Crippen LogP contribution in [0.15, 0.2) is 6.33 Å². The Bertz CT molecular complexity index is 449. The van der Waals surface area contributed by atoms with E-state index >= 15 is 0 Å². The molecule has 8 heteroatoms. The van der Waals surface area contributed by atoms with Crippen LogP contribution in [0.5, 0.6) is 5.75 Å². The fraction of sp³-hybridized carbons (Fsp3) is 0.545. The molecule has 5 N–H and O–H groups in total. The van der Waals surface area contributed by atoms with Gasteiger partial charge in [-0.05, 0) is 12.8 Å². The lowest BCUT2D eigenvalue weighted by atomic mass is 10.4. The van der Waals surface area contributed by atoms with Crippen LogP contribution in [-0.2, 0) is 4.79 Å². The fourth-order valence-electron chi connectivity index (χ4n) is 1.65. The van der Waals surface area contributed by atoms with Crippen molar-refractivity contribution in [3.8, 4) is 5.75 Å². The summed E-state index contributed by atoms with van der Waals surface area (Å²) in [7, 11) is 1.51. The average molecular weight is 266 g/mol. The summed E-state index contributed by atoms with van der Waals surface area (Å²) in [6, 6.07) is 0. The molecule has 1 aliphatic carbocycles. The number of carbonyl (C=O) groups is 1. The number of anilines is 2. The summed E-state index contributed by atoms with van der Waals surface area (Å²) in [6.07, 6.45) is 3.39. The Morgan fingerprint density at radius 1 is 1.42 bits per heavy atom. The molecule has 1 aromatic heterocycles. The van der Waals surface area contributed by atoms with Crippen molar-refractivity contribution in [2.45, 2.75) is 12.8 Å². The standard InChI is InChI=1S/C11H18N6O2/c1-19-8-9(15-6-16-10(8)17-12)13-4-5-14-11(18)7-2-3-7/h6-7H,2-5,12H2,1H3,(H,14,18)(H2,13,15,16,17). The fourth-order valence-corrected chi connectivity index (χ4v) is 1.65. The van der Waals surface area contributed by atoms with E-state index in [-0.39, 0.29) is 11.8 Å². The van der Waals surface area contributed by atoms with Gasteiger partial charge in [0.2, 0.25) is 11.7 Å². The third kappa shape index (κ3) is 3.44. The van der Waals surface area contributed by atoms with Gasteiger partial charge in [0, 0.05) is 19.0 Å². The molecular weight excluding hydrogens is 248 g/mol. The van der Waals surface area contributed by atoms with Crippen molar-refractivity contribution in [2.24, 2.45) is 11.8 Å². The van der Waals surface area contributed by atoms with Crippen LogP contribution < -0.4 is 26.6 Å². The second-order valence-electron chi connectivity index (χ2n) is 4.24. The first-order valence-electron chi connectivity index (χ1n) is 6.13. The maximum Gasteiger partial charge on any atom is 0.223 e. The molecule has 1 heterocycles. The Morgan fingerprint density at radius 2 is 2.16 bits per heavy atom. The molecule has 104 valence electrons. The number of hydrogen-bond donors (Lipinski definition) is 4. The van der Waals surface area contributed by atoms with E-state index < -0.39 is 0 Å². The molecule has 0 bridgehead atoms. The zero-order valence-electron chi connectivity index (χ0n) is 10.8. The summed E-state index contributed by atoms with van der Waals surface area (Å²) in [5, 5.41) is 5.92. The van der Waals surface area contributed by atoms with Crippen LogP contribution in [-0.4, -0.2) is 36.1 Å². The number of nitrogens with one attached hydrogen (secondary N) is 3. The van der Waals surface area contributed by atoms with E-state index in [1.165, 1.54) is 13.4 Å². The van der Waals surface area contributed by atoms with E-state index in [9.17, 15) is 4.79 Å². The number of carbonyl (C=O) groups excluding carboxylic acids is 1. The van der Waals surface area contributed by atoms with Crippen molar-refractivity contribution in [1.29, 1.82) is 0 Å². The first-order chi connectivity index (χ1) is 9.26. The van der Waals surface area contributed by atoms with Gasteiger partial charge in [0.1, 0.15) is 6.33 Å². The second-order valence-corrected chi connectivity index (χ2v) is 4.24. The van der Waals surface area contributed by atoms with Crippen LogP contribution in [0.1, 0.15) is 12.8 Å². The quantitative estimate of drug-likeness (QED) is 0.304. The molecule has 0 aliphatic heterocycles. The second kappa shape index (κ2) is 6.19. The van der Waals surface area contributed by atoms with E-state index in [1.807, 2.05) is 0 Å². The highest BCUT2D eigenvalue weighted by Crippen LogP contribution is 2.29. The minimum atomic E-state index is 0.126. The molecule has 0 radical (unpaired) electrons. The minimum absolute atomic E-state index is 0.126. The smallest absolute Gasteiger partial charge is 0.223 e. The highest BCUT2D eigenvalue weighted by atomic mass is 16.5. The lowest BCUT2D eigenvalue weighted by Gasteiger charge is -2.12. The molecule has 1 saturated carbocycles. The van der Waals surface area contributed by atoms with Crippen molar-refractivity contribution in [1.82, 2.24) is 15.3 Å². The molecule has 8 nitrogen and oxygen atoms in total.